The van der Waals surface area contributed by atoms with Crippen LogP contribution < -0.4 is 5.56 Å². The number of aromatic amines is 1. The molecule has 2 aromatic rings. The lowest BCUT2D eigenvalue weighted by atomic mass is 9.94. The number of benzene rings is 1. The number of carbonyl (C=O) groups excluding carboxylic acids is 1. The highest BCUT2D eigenvalue weighted by molar-refractivity contribution is 6.31. The molecule has 1 aromatic carbocycles. The molecule has 5 rings (SSSR count). The Morgan fingerprint density at radius 2 is 1.92 bits per heavy atom. The lowest BCUT2D eigenvalue weighted by Crippen LogP contribution is -2.48. The van der Waals surface area contributed by atoms with E-state index in [2.05, 4.69) is 11.1 Å². The number of nitrogens with one attached hydrogen (secondary N) is 1. The van der Waals surface area contributed by atoms with E-state index < -0.39 is 12.1 Å². The number of aromatic nitrogens is 1. The van der Waals surface area contributed by atoms with Gasteiger partial charge in [-0.05, 0) is 67.2 Å². The van der Waals surface area contributed by atoms with Crippen molar-refractivity contribution < 1.29 is 19.4 Å². The van der Waals surface area contributed by atoms with Crippen molar-refractivity contribution in [3.05, 3.63) is 74.2 Å². The number of nitrogens with zero attached hydrogens (tertiary/aromatic N) is 1. The third-order valence-corrected chi connectivity index (χ3v) is 8.07. The van der Waals surface area contributed by atoms with Gasteiger partial charge in [0, 0.05) is 34.8 Å². The fourth-order valence-electron chi connectivity index (χ4n) is 5.40. The zero-order valence-electron chi connectivity index (χ0n) is 20.9. The van der Waals surface area contributed by atoms with Crippen molar-refractivity contribution in [2.75, 3.05) is 19.7 Å². The smallest absolute Gasteiger partial charge is 0.334 e. The van der Waals surface area contributed by atoms with Crippen LogP contribution in [-0.2, 0) is 20.7 Å². The topological polar surface area (TPSA) is 99.7 Å². The van der Waals surface area contributed by atoms with Crippen LogP contribution in [0.5, 0.6) is 0 Å². The van der Waals surface area contributed by atoms with Gasteiger partial charge in [0.15, 0.2) is 6.10 Å². The average Bonchev–Trinajstić information content (AvgIpc) is 3.60. The number of ether oxygens (including phenoxy) is 1. The number of allylic oxidation sites excluding steroid dienone is 1. The molecule has 1 atom stereocenters. The molecule has 1 aliphatic heterocycles. The van der Waals surface area contributed by atoms with Crippen molar-refractivity contribution in [3.63, 3.8) is 0 Å². The first kappa shape index (κ1) is 25.7. The van der Waals surface area contributed by atoms with Crippen LogP contribution >= 0.6 is 11.6 Å². The molecule has 196 valence electrons. The maximum absolute atomic E-state index is 12.8. The molecule has 0 radical (unpaired) electrons. The third kappa shape index (κ3) is 6.16. The molecule has 2 heterocycles. The molecule has 0 spiro atoms. The van der Waals surface area contributed by atoms with Gasteiger partial charge in [0.25, 0.3) is 5.56 Å². The molecule has 0 bridgehead atoms. The molecule has 2 saturated carbocycles. The van der Waals surface area contributed by atoms with Gasteiger partial charge in [-0.3, -0.25) is 9.59 Å². The van der Waals surface area contributed by atoms with Crippen molar-refractivity contribution in [1.82, 2.24) is 9.88 Å². The number of hydrogen-bond donors (Lipinski definition) is 2. The predicted octanol–water partition coefficient (Wildman–Crippen LogP) is 4.77. The Morgan fingerprint density at radius 1 is 1.14 bits per heavy atom. The molecular weight excluding hydrogens is 492 g/mol. The predicted molar refractivity (Wildman–Crippen MR) is 142 cm³/mol. The van der Waals surface area contributed by atoms with Crippen LogP contribution in [0.1, 0.15) is 73.2 Å². The number of rotatable bonds is 8. The third-order valence-electron chi connectivity index (χ3n) is 7.72. The van der Waals surface area contributed by atoms with Crippen LogP contribution in [0, 0.1) is 5.92 Å². The second-order valence-electron chi connectivity index (χ2n) is 10.4. The number of hydrogen-bond acceptors (Lipinski definition) is 4. The number of H-pyrrole nitrogens is 1. The molecule has 3 fully saturated rings. The zero-order valence-corrected chi connectivity index (χ0v) is 21.6. The van der Waals surface area contributed by atoms with Crippen molar-refractivity contribution in [1.29, 1.82) is 0 Å². The van der Waals surface area contributed by atoms with Gasteiger partial charge >= 0.3 is 5.97 Å². The Labute approximate surface area is 221 Å². The van der Waals surface area contributed by atoms with E-state index in [-0.39, 0.29) is 31.0 Å². The first-order chi connectivity index (χ1) is 17.9. The molecule has 1 aromatic heterocycles. The van der Waals surface area contributed by atoms with Crippen LogP contribution in [0.25, 0.3) is 5.57 Å². The average molecular weight is 525 g/mol. The van der Waals surface area contributed by atoms with Crippen molar-refractivity contribution in [3.8, 4) is 0 Å². The highest BCUT2D eigenvalue weighted by Crippen LogP contribution is 2.39. The number of carbonyl (C=O) groups is 2. The summed E-state index contributed by atoms with van der Waals surface area (Å²) in [6.07, 6.45) is 8.89. The van der Waals surface area contributed by atoms with Crippen LogP contribution in [-0.4, -0.2) is 52.7 Å². The monoisotopic (exact) mass is 524 g/mol. The largest absolute Gasteiger partial charge is 0.479 e. The Hall–Kier alpha value is -2.90. The highest BCUT2D eigenvalue weighted by Gasteiger charge is 2.29. The summed E-state index contributed by atoms with van der Waals surface area (Å²) in [6.45, 7) is 0.675. The summed E-state index contributed by atoms with van der Waals surface area (Å²) < 4.78 is 5.21. The number of halogens is 1. The van der Waals surface area contributed by atoms with Gasteiger partial charge in [0.2, 0.25) is 5.91 Å². The first-order valence-electron chi connectivity index (χ1n) is 13.3. The molecular formula is C29H33ClN2O5. The normalized spacial score (nSPS) is 20.8. The number of morpholine rings is 1. The number of aliphatic carboxylic acids is 1. The van der Waals surface area contributed by atoms with Crippen molar-refractivity contribution >= 4 is 29.1 Å². The summed E-state index contributed by atoms with van der Waals surface area (Å²) >= 11 is 6.70. The van der Waals surface area contributed by atoms with E-state index in [4.69, 9.17) is 16.3 Å². The molecule has 2 aliphatic carbocycles. The second-order valence-corrected chi connectivity index (χ2v) is 10.8. The molecule has 37 heavy (non-hydrogen) atoms. The standard InChI is InChI=1S/C29H33ClN2O5/c30-24-16-21(8-7-20(24)9-12-27(33)32-13-14-37-26(17-32)29(35)36)23(15-18-3-1-2-4-18)25-11-10-22(19-5-6-19)28(34)31-25/h7-8,10-11,15-16,18-19,26H,1-6,9,12-14,17H2,(H,31,34)(H,35,36)/b23-15+. The van der Waals surface area contributed by atoms with Gasteiger partial charge in [-0.15, -0.1) is 0 Å². The molecule has 1 amide bonds. The van der Waals surface area contributed by atoms with Crippen molar-refractivity contribution in [2.24, 2.45) is 5.92 Å². The summed E-state index contributed by atoms with van der Waals surface area (Å²) in [5, 5.41) is 9.75. The van der Waals surface area contributed by atoms with E-state index in [1.54, 1.807) is 4.90 Å². The highest BCUT2D eigenvalue weighted by atomic mass is 35.5. The Morgan fingerprint density at radius 3 is 2.59 bits per heavy atom. The fraction of sp³-hybridized carbons (Fsp3) is 0.483. The lowest BCUT2D eigenvalue weighted by molar-refractivity contribution is -0.159. The van der Waals surface area contributed by atoms with E-state index in [0.29, 0.717) is 29.8 Å². The van der Waals surface area contributed by atoms with Crippen LogP contribution in [0.3, 0.4) is 0 Å². The second kappa shape index (κ2) is 11.2. The van der Waals surface area contributed by atoms with Gasteiger partial charge < -0.3 is 19.7 Å². The van der Waals surface area contributed by atoms with E-state index in [1.165, 1.54) is 12.8 Å². The van der Waals surface area contributed by atoms with E-state index >= 15 is 0 Å². The fourth-order valence-corrected chi connectivity index (χ4v) is 5.68. The summed E-state index contributed by atoms with van der Waals surface area (Å²) in [4.78, 5) is 41.4. The Balaban J connectivity index is 1.33. The summed E-state index contributed by atoms with van der Waals surface area (Å²) in [5.41, 5.74) is 4.46. The molecule has 1 saturated heterocycles. The molecule has 2 N–H and O–H groups in total. The number of carboxylic acid groups (broad SMARTS) is 1. The molecule has 8 heteroatoms. The van der Waals surface area contributed by atoms with E-state index in [9.17, 15) is 19.5 Å². The number of aryl methyl sites for hydroxylation is 1. The summed E-state index contributed by atoms with van der Waals surface area (Å²) in [7, 11) is 0. The SMILES string of the molecule is O=C(O)C1CN(C(=O)CCc2ccc(/C(=C\C3CCCC3)c3ccc(C4CC4)c(=O)[nH]3)cc2Cl)CCO1. The van der Waals surface area contributed by atoms with Crippen molar-refractivity contribution in [2.45, 2.75) is 63.4 Å². The van der Waals surface area contributed by atoms with E-state index in [0.717, 1.165) is 53.6 Å². The Bertz CT molecular complexity index is 1260. The molecule has 3 aliphatic rings. The van der Waals surface area contributed by atoms with Gasteiger partial charge in [-0.25, -0.2) is 4.79 Å². The summed E-state index contributed by atoms with van der Waals surface area (Å²) in [5.74, 6) is -0.296. The lowest BCUT2D eigenvalue weighted by Gasteiger charge is -2.31. The number of pyridine rings is 1. The van der Waals surface area contributed by atoms with Gasteiger partial charge in [0.05, 0.1) is 13.2 Å². The van der Waals surface area contributed by atoms with Crippen LogP contribution in [0.2, 0.25) is 5.02 Å². The number of carboxylic acids is 1. The van der Waals surface area contributed by atoms with Gasteiger partial charge in [-0.1, -0.05) is 48.7 Å². The van der Waals surface area contributed by atoms with Crippen LogP contribution in [0.15, 0.2) is 41.2 Å². The quantitative estimate of drug-likeness (QED) is 0.518. The minimum absolute atomic E-state index is 0.00759. The minimum atomic E-state index is -1.05. The molecule has 1 unspecified atom stereocenters. The summed E-state index contributed by atoms with van der Waals surface area (Å²) in [6, 6.07) is 9.86. The Kier molecular flexibility index (Phi) is 7.81. The number of amides is 1. The maximum Gasteiger partial charge on any atom is 0.334 e. The van der Waals surface area contributed by atoms with Gasteiger partial charge in [-0.2, -0.15) is 0 Å². The first-order valence-corrected chi connectivity index (χ1v) is 13.6. The van der Waals surface area contributed by atoms with Gasteiger partial charge in [0.1, 0.15) is 0 Å². The zero-order chi connectivity index (χ0) is 25.9. The molecule has 7 nitrogen and oxygen atoms in total. The minimum Gasteiger partial charge on any atom is -0.479 e. The van der Waals surface area contributed by atoms with Crippen LogP contribution in [0.4, 0.5) is 0 Å². The van der Waals surface area contributed by atoms with E-state index in [1.807, 2.05) is 30.3 Å². The maximum atomic E-state index is 12.8.